The lowest BCUT2D eigenvalue weighted by Crippen LogP contribution is -2.13. The van der Waals surface area contributed by atoms with Crippen LogP contribution in [0, 0.1) is 0 Å². The van der Waals surface area contributed by atoms with Gasteiger partial charge in [0.2, 0.25) is 5.89 Å². The first-order valence-corrected chi connectivity index (χ1v) is 7.41. The maximum Gasteiger partial charge on any atom is 0.347 e. The van der Waals surface area contributed by atoms with Crippen LogP contribution < -0.4 is 10.9 Å². The van der Waals surface area contributed by atoms with Crippen molar-refractivity contribution < 1.29 is 13.6 Å². The number of hydrogen-bond donors (Lipinski definition) is 1. The molecule has 7 nitrogen and oxygen atoms in total. The molecule has 0 bridgehead atoms. The van der Waals surface area contributed by atoms with Gasteiger partial charge in [-0.3, -0.25) is 4.79 Å². The highest BCUT2D eigenvalue weighted by atomic mass is 16.4. The van der Waals surface area contributed by atoms with Crippen molar-refractivity contribution >= 4 is 22.5 Å². The Balaban J connectivity index is 1.79. The third kappa shape index (κ3) is 2.78. The molecule has 2 aromatic carbocycles. The van der Waals surface area contributed by atoms with Crippen molar-refractivity contribution in [1.29, 1.82) is 0 Å². The molecule has 2 aromatic heterocycles. The number of anilines is 1. The first kappa shape index (κ1) is 14.8. The second kappa shape index (κ2) is 6.04. The number of para-hydroxylation sites is 2. The van der Waals surface area contributed by atoms with Gasteiger partial charge >= 0.3 is 5.63 Å². The summed E-state index contributed by atoms with van der Waals surface area (Å²) in [5, 5.41) is 3.11. The van der Waals surface area contributed by atoms with Crippen molar-refractivity contribution in [3.8, 4) is 11.5 Å². The molecule has 0 aliphatic heterocycles. The summed E-state index contributed by atoms with van der Waals surface area (Å²) in [5.74, 6) is -0.316. The van der Waals surface area contributed by atoms with Crippen LogP contribution >= 0.6 is 0 Å². The molecule has 1 amide bonds. The number of oxazole rings is 1. The summed E-state index contributed by atoms with van der Waals surface area (Å²) < 4.78 is 10.1. The zero-order chi connectivity index (χ0) is 17.2. The maximum atomic E-state index is 12.2. The third-order valence-corrected chi connectivity index (χ3v) is 3.61. The van der Waals surface area contributed by atoms with Gasteiger partial charge in [0.25, 0.3) is 5.91 Å². The first-order chi connectivity index (χ1) is 12.2. The van der Waals surface area contributed by atoms with Crippen LogP contribution in [0.2, 0.25) is 0 Å². The molecule has 0 saturated carbocycles. The molecule has 2 heterocycles. The van der Waals surface area contributed by atoms with Crippen molar-refractivity contribution in [3.05, 3.63) is 77.3 Å². The Morgan fingerprint density at radius 2 is 1.84 bits per heavy atom. The predicted molar refractivity (Wildman–Crippen MR) is 90.2 cm³/mol. The Morgan fingerprint density at radius 3 is 2.68 bits per heavy atom. The number of hydrogen-bond acceptors (Lipinski definition) is 6. The molecule has 0 aliphatic carbocycles. The van der Waals surface area contributed by atoms with Crippen molar-refractivity contribution in [1.82, 2.24) is 9.97 Å². The minimum absolute atomic E-state index is 0.125. The Morgan fingerprint density at radius 1 is 1.04 bits per heavy atom. The van der Waals surface area contributed by atoms with Crippen molar-refractivity contribution in [2.24, 2.45) is 0 Å². The van der Waals surface area contributed by atoms with Gasteiger partial charge < -0.3 is 14.2 Å². The van der Waals surface area contributed by atoms with Crippen LogP contribution in [0.5, 0.6) is 0 Å². The number of amides is 1. The average Bonchev–Trinajstić information content (AvgIpc) is 3.17. The number of rotatable bonds is 3. The number of carbonyl (C=O) groups excluding carboxylic acids is 1. The molecule has 0 aliphatic rings. The van der Waals surface area contributed by atoms with Crippen LogP contribution in [0.3, 0.4) is 0 Å². The smallest absolute Gasteiger partial charge is 0.347 e. The Kier molecular flexibility index (Phi) is 3.59. The van der Waals surface area contributed by atoms with Crippen LogP contribution in [0.15, 0.2) is 74.8 Å². The highest BCUT2D eigenvalue weighted by Crippen LogP contribution is 2.27. The molecule has 4 rings (SSSR count). The molecule has 25 heavy (non-hydrogen) atoms. The number of nitrogens with zero attached hydrogens (tertiary/aromatic N) is 2. The summed E-state index contributed by atoms with van der Waals surface area (Å²) in [6.45, 7) is 0. The lowest BCUT2D eigenvalue weighted by molar-refractivity contribution is 0.102. The molecule has 0 atom stereocenters. The topological polar surface area (TPSA) is 98.2 Å². The van der Waals surface area contributed by atoms with E-state index in [-0.39, 0.29) is 11.6 Å². The standard InChI is InChI=1S/C18H11N3O4/c22-16(15-9-24-10-19-15)20-13-7-3-1-5-11(13)17-21-14-8-4-2-6-12(14)18(23)25-17/h1-10H,(H,20,22). The van der Waals surface area contributed by atoms with Crippen LogP contribution in [-0.2, 0) is 0 Å². The zero-order valence-electron chi connectivity index (χ0n) is 12.8. The summed E-state index contributed by atoms with van der Waals surface area (Å²) in [7, 11) is 0. The minimum Gasteiger partial charge on any atom is -0.451 e. The SMILES string of the molecule is O=C(Nc1ccccc1-c1nc2ccccc2c(=O)o1)c1cocn1. The Hall–Kier alpha value is -3.74. The van der Waals surface area contributed by atoms with E-state index in [9.17, 15) is 9.59 Å². The van der Waals surface area contributed by atoms with E-state index in [0.29, 0.717) is 22.2 Å². The summed E-state index contributed by atoms with van der Waals surface area (Å²) in [5.41, 5.74) is 1.11. The van der Waals surface area contributed by atoms with Crippen molar-refractivity contribution in [2.75, 3.05) is 5.32 Å². The first-order valence-electron chi connectivity index (χ1n) is 7.41. The number of benzene rings is 2. The van der Waals surface area contributed by atoms with E-state index in [0.717, 1.165) is 0 Å². The van der Waals surface area contributed by atoms with Gasteiger partial charge in [0, 0.05) is 0 Å². The van der Waals surface area contributed by atoms with Crippen LogP contribution in [-0.4, -0.2) is 15.9 Å². The molecular weight excluding hydrogens is 322 g/mol. The molecule has 0 fully saturated rings. The second-order valence-corrected chi connectivity index (χ2v) is 5.20. The monoisotopic (exact) mass is 333 g/mol. The van der Waals surface area contributed by atoms with Crippen LogP contribution in [0.1, 0.15) is 10.5 Å². The van der Waals surface area contributed by atoms with E-state index in [2.05, 4.69) is 15.3 Å². The van der Waals surface area contributed by atoms with Gasteiger partial charge in [0.05, 0.1) is 22.2 Å². The number of fused-ring (bicyclic) bond motifs is 1. The van der Waals surface area contributed by atoms with E-state index in [1.807, 2.05) is 0 Å². The van der Waals surface area contributed by atoms with Crippen LogP contribution in [0.25, 0.3) is 22.4 Å². The third-order valence-electron chi connectivity index (χ3n) is 3.61. The molecule has 0 radical (unpaired) electrons. The van der Waals surface area contributed by atoms with E-state index in [1.54, 1.807) is 48.5 Å². The van der Waals surface area contributed by atoms with Gasteiger partial charge in [-0.25, -0.2) is 14.8 Å². The van der Waals surface area contributed by atoms with Crippen molar-refractivity contribution in [3.63, 3.8) is 0 Å². The second-order valence-electron chi connectivity index (χ2n) is 5.20. The molecule has 0 saturated heterocycles. The van der Waals surface area contributed by atoms with Gasteiger partial charge in [0.15, 0.2) is 12.1 Å². The van der Waals surface area contributed by atoms with E-state index in [1.165, 1.54) is 12.7 Å². The Bertz CT molecular complexity index is 1120. The number of nitrogens with one attached hydrogen (secondary N) is 1. The van der Waals surface area contributed by atoms with Gasteiger partial charge in [-0.05, 0) is 24.3 Å². The summed E-state index contributed by atoms with van der Waals surface area (Å²) in [6.07, 6.45) is 2.41. The lowest BCUT2D eigenvalue weighted by atomic mass is 10.1. The molecular formula is C18H11N3O4. The van der Waals surface area contributed by atoms with Gasteiger partial charge in [-0.1, -0.05) is 24.3 Å². The fourth-order valence-corrected chi connectivity index (χ4v) is 2.42. The number of aromatic nitrogens is 2. The van der Waals surface area contributed by atoms with Gasteiger partial charge in [-0.15, -0.1) is 0 Å². The highest BCUT2D eigenvalue weighted by molar-refractivity contribution is 6.04. The van der Waals surface area contributed by atoms with Crippen LogP contribution in [0.4, 0.5) is 5.69 Å². The van der Waals surface area contributed by atoms with E-state index >= 15 is 0 Å². The quantitative estimate of drug-likeness (QED) is 0.618. The molecule has 122 valence electrons. The summed E-state index contributed by atoms with van der Waals surface area (Å²) in [4.78, 5) is 32.6. The molecule has 7 heteroatoms. The van der Waals surface area contributed by atoms with E-state index < -0.39 is 11.5 Å². The molecule has 0 spiro atoms. The molecule has 0 unspecified atom stereocenters. The zero-order valence-corrected chi connectivity index (χ0v) is 12.8. The fraction of sp³-hybridized carbons (Fsp3) is 0. The molecule has 1 N–H and O–H groups in total. The minimum atomic E-state index is -0.488. The normalized spacial score (nSPS) is 10.7. The Labute approximate surface area is 141 Å². The average molecular weight is 333 g/mol. The van der Waals surface area contributed by atoms with Gasteiger partial charge in [-0.2, -0.15) is 0 Å². The summed E-state index contributed by atoms with van der Waals surface area (Å²) >= 11 is 0. The van der Waals surface area contributed by atoms with Gasteiger partial charge in [0.1, 0.15) is 6.26 Å². The van der Waals surface area contributed by atoms with E-state index in [4.69, 9.17) is 8.83 Å². The summed E-state index contributed by atoms with van der Waals surface area (Å²) in [6, 6.07) is 13.8. The predicted octanol–water partition coefficient (Wildman–Crippen LogP) is 3.10. The fourth-order valence-electron chi connectivity index (χ4n) is 2.42. The maximum absolute atomic E-state index is 12.2. The lowest BCUT2D eigenvalue weighted by Gasteiger charge is -2.09. The largest absolute Gasteiger partial charge is 0.451 e. The number of carbonyl (C=O) groups is 1. The molecule has 4 aromatic rings. The van der Waals surface area contributed by atoms with Crippen molar-refractivity contribution in [2.45, 2.75) is 0 Å². The highest BCUT2D eigenvalue weighted by Gasteiger charge is 2.15.